The van der Waals surface area contributed by atoms with Gasteiger partial charge in [-0.2, -0.15) is 0 Å². The van der Waals surface area contributed by atoms with Crippen molar-refractivity contribution in [2.45, 2.75) is 46.0 Å². The lowest BCUT2D eigenvalue weighted by Gasteiger charge is -2.18. The van der Waals surface area contributed by atoms with Gasteiger partial charge >= 0.3 is 6.09 Å². The Morgan fingerprint density at radius 2 is 1.86 bits per heavy atom. The molecule has 154 valence electrons. The van der Waals surface area contributed by atoms with E-state index in [-0.39, 0.29) is 12.3 Å². The number of methoxy groups -OCH3 is 1. The molecule has 0 aliphatic heterocycles. The number of hydrogen-bond donors (Lipinski definition) is 2. The maximum Gasteiger partial charge on any atom is 0.413 e. The van der Waals surface area contributed by atoms with E-state index in [1.165, 1.54) is 24.0 Å². The largest absolute Gasteiger partial charge is 0.453 e. The van der Waals surface area contributed by atoms with Crippen LogP contribution in [0.1, 0.15) is 52.2 Å². The Morgan fingerprint density at radius 1 is 1.17 bits per heavy atom. The molecule has 1 unspecified atom stereocenters. The summed E-state index contributed by atoms with van der Waals surface area (Å²) in [6.07, 6.45) is 2.95. The van der Waals surface area contributed by atoms with Crippen molar-refractivity contribution in [1.82, 2.24) is 5.32 Å². The number of nitrogens with one attached hydrogen (secondary N) is 2. The van der Waals surface area contributed by atoms with Gasteiger partial charge in [-0.15, -0.1) is 11.3 Å². The van der Waals surface area contributed by atoms with E-state index >= 15 is 0 Å². The minimum absolute atomic E-state index is 0.187. The number of ether oxygens (including phenoxy) is 1. The van der Waals surface area contributed by atoms with Crippen LogP contribution < -0.4 is 10.6 Å². The summed E-state index contributed by atoms with van der Waals surface area (Å²) in [4.78, 5) is 38.0. The van der Waals surface area contributed by atoms with E-state index < -0.39 is 12.0 Å². The molecule has 3 rings (SSSR count). The minimum Gasteiger partial charge on any atom is -0.453 e. The van der Waals surface area contributed by atoms with Crippen molar-refractivity contribution in [3.63, 3.8) is 0 Å². The molecule has 0 radical (unpaired) electrons. The normalized spacial score (nSPS) is 15.3. The van der Waals surface area contributed by atoms with Crippen molar-refractivity contribution in [3.05, 3.63) is 51.4 Å². The highest BCUT2D eigenvalue weighted by Gasteiger charge is 2.29. The highest BCUT2D eigenvalue weighted by atomic mass is 32.1. The molecule has 1 atom stereocenters. The van der Waals surface area contributed by atoms with Crippen LogP contribution in [-0.2, 0) is 35.2 Å². The Bertz CT molecular complexity index is 918. The van der Waals surface area contributed by atoms with Gasteiger partial charge in [0, 0.05) is 4.88 Å². The maximum atomic E-state index is 12.7. The third-order valence-electron chi connectivity index (χ3n) is 5.19. The highest BCUT2D eigenvalue weighted by Crippen LogP contribution is 2.39. The number of amides is 3. The number of rotatable bonds is 5. The predicted molar refractivity (Wildman–Crippen MR) is 114 cm³/mol. The van der Waals surface area contributed by atoms with Crippen LogP contribution in [0.25, 0.3) is 0 Å². The molecule has 6 nitrogen and oxygen atoms in total. The molecule has 0 fully saturated rings. The van der Waals surface area contributed by atoms with Gasteiger partial charge in [-0.05, 0) is 48.3 Å². The average molecular weight is 415 g/mol. The quantitative estimate of drug-likeness (QED) is 0.771. The molecule has 7 heteroatoms. The van der Waals surface area contributed by atoms with Crippen LogP contribution in [0.2, 0.25) is 0 Å². The molecule has 1 aromatic carbocycles. The summed E-state index contributed by atoms with van der Waals surface area (Å²) in [5, 5.41) is 5.62. The number of thiophene rings is 1. The lowest BCUT2D eigenvalue weighted by Crippen LogP contribution is -2.31. The zero-order valence-electron chi connectivity index (χ0n) is 17.0. The van der Waals surface area contributed by atoms with Crippen LogP contribution in [-0.4, -0.2) is 25.0 Å². The fourth-order valence-corrected chi connectivity index (χ4v) is 4.96. The second-order valence-corrected chi connectivity index (χ2v) is 8.50. The van der Waals surface area contributed by atoms with Gasteiger partial charge in [-0.25, -0.2) is 4.79 Å². The molecular formula is C22H26N2O4S. The van der Waals surface area contributed by atoms with Gasteiger partial charge in [0.25, 0.3) is 5.91 Å². The van der Waals surface area contributed by atoms with Crippen molar-refractivity contribution in [2.24, 2.45) is 5.92 Å². The number of carbonyl (C=O) groups is 3. The summed E-state index contributed by atoms with van der Waals surface area (Å²) in [5.74, 6) is -0.196. The van der Waals surface area contributed by atoms with Gasteiger partial charge < -0.3 is 10.1 Å². The monoisotopic (exact) mass is 414 g/mol. The van der Waals surface area contributed by atoms with Crippen LogP contribution in [0.5, 0.6) is 0 Å². The van der Waals surface area contributed by atoms with Gasteiger partial charge in [0.05, 0.1) is 19.1 Å². The number of benzene rings is 1. The van der Waals surface area contributed by atoms with Crippen LogP contribution >= 0.6 is 11.3 Å². The third kappa shape index (κ3) is 5.03. The van der Waals surface area contributed by atoms with E-state index in [4.69, 9.17) is 0 Å². The summed E-state index contributed by atoms with van der Waals surface area (Å²) in [6.45, 7) is 4.26. The second kappa shape index (κ2) is 9.22. The molecule has 0 bridgehead atoms. The lowest BCUT2D eigenvalue weighted by molar-refractivity contribution is -0.115. The first-order valence-corrected chi connectivity index (χ1v) is 10.6. The number of fused-ring (bicyclic) bond motifs is 1. The summed E-state index contributed by atoms with van der Waals surface area (Å²) in [7, 11) is 1.21. The Hall–Kier alpha value is -2.67. The third-order valence-corrected chi connectivity index (χ3v) is 6.36. The number of imide groups is 1. The molecule has 1 aromatic heterocycles. The number of alkyl carbamates (subject to hydrolysis) is 1. The molecule has 0 saturated carbocycles. The summed E-state index contributed by atoms with van der Waals surface area (Å²) < 4.78 is 4.54. The van der Waals surface area contributed by atoms with E-state index in [1.807, 2.05) is 24.3 Å². The van der Waals surface area contributed by atoms with E-state index in [9.17, 15) is 14.4 Å². The SMILES string of the molecule is CCc1ccc(CC(=O)Nc2sc3c(c2C(=O)NC(=O)OC)CCC(C)C3)cc1. The summed E-state index contributed by atoms with van der Waals surface area (Å²) in [6, 6.07) is 7.93. The number of anilines is 1. The van der Waals surface area contributed by atoms with Crippen molar-refractivity contribution < 1.29 is 19.1 Å². The Morgan fingerprint density at radius 3 is 2.52 bits per heavy atom. The smallest absolute Gasteiger partial charge is 0.413 e. The molecule has 0 spiro atoms. The van der Waals surface area contributed by atoms with Crippen molar-refractivity contribution in [1.29, 1.82) is 0 Å². The zero-order valence-corrected chi connectivity index (χ0v) is 17.8. The highest BCUT2D eigenvalue weighted by molar-refractivity contribution is 7.17. The lowest BCUT2D eigenvalue weighted by atomic mass is 9.88. The predicted octanol–water partition coefficient (Wildman–Crippen LogP) is 4.11. The van der Waals surface area contributed by atoms with Crippen LogP contribution in [0.3, 0.4) is 0 Å². The standard InChI is InChI=1S/C22H26N2O4S/c1-4-14-6-8-15(9-7-14)12-18(25)23-21-19(20(26)24-22(27)28-3)16-10-5-13(2)11-17(16)29-21/h6-9,13H,4-5,10-12H2,1-3H3,(H,23,25)(H,24,26,27). The van der Waals surface area contributed by atoms with Crippen molar-refractivity contribution in [3.8, 4) is 0 Å². The van der Waals surface area contributed by atoms with E-state index in [0.717, 1.165) is 41.7 Å². The minimum atomic E-state index is -0.813. The van der Waals surface area contributed by atoms with Gasteiger partial charge in [-0.1, -0.05) is 38.1 Å². The van der Waals surface area contributed by atoms with Crippen LogP contribution in [0.15, 0.2) is 24.3 Å². The Labute approximate surface area is 174 Å². The first-order chi connectivity index (χ1) is 13.9. The van der Waals surface area contributed by atoms with Crippen LogP contribution in [0.4, 0.5) is 9.80 Å². The fourth-order valence-electron chi connectivity index (χ4n) is 3.53. The van der Waals surface area contributed by atoms with Gasteiger partial charge in [0.1, 0.15) is 5.00 Å². The topological polar surface area (TPSA) is 84.5 Å². The number of aryl methyl sites for hydroxylation is 1. The molecule has 1 aliphatic rings. The molecule has 1 heterocycles. The average Bonchev–Trinajstić information content (AvgIpc) is 3.04. The molecule has 3 amide bonds. The van der Waals surface area contributed by atoms with Gasteiger partial charge in [0.15, 0.2) is 0 Å². The molecule has 0 saturated heterocycles. The first-order valence-electron chi connectivity index (χ1n) is 9.82. The summed E-state index contributed by atoms with van der Waals surface area (Å²) in [5.41, 5.74) is 3.44. The van der Waals surface area contributed by atoms with Gasteiger partial charge in [-0.3, -0.25) is 14.9 Å². The van der Waals surface area contributed by atoms with E-state index in [2.05, 4.69) is 29.2 Å². The summed E-state index contributed by atoms with van der Waals surface area (Å²) >= 11 is 1.43. The molecule has 2 aromatic rings. The van der Waals surface area contributed by atoms with Gasteiger partial charge in [0.2, 0.25) is 5.91 Å². The first kappa shape index (κ1) is 21.0. The Balaban J connectivity index is 1.82. The number of carbonyl (C=O) groups excluding carboxylic acids is 3. The fraction of sp³-hybridized carbons (Fsp3) is 0.409. The van der Waals surface area contributed by atoms with Crippen LogP contribution in [0, 0.1) is 5.92 Å². The van der Waals surface area contributed by atoms with E-state index in [0.29, 0.717) is 16.5 Å². The molecular weight excluding hydrogens is 388 g/mol. The molecule has 2 N–H and O–H groups in total. The van der Waals surface area contributed by atoms with Crippen molar-refractivity contribution in [2.75, 3.05) is 12.4 Å². The van der Waals surface area contributed by atoms with E-state index in [1.54, 1.807) is 0 Å². The van der Waals surface area contributed by atoms with Crippen molar-refractivity contribution >= 4 is 34.2 Å². The maximum absolute atomic E-state index is 12.7. The molecule has 29 heavy (non-hydrogen) atoms. The number of hydrogen-bond acceptors (Lipinski definition) is 5. The Kier molecular flexibility index (Phi) is 6.69. The molecule has 1 aliphatic carbocycles. The second-order valence-electron chi connectivity index (χ2n) is 7.40. The zero-order chi connectivity index (χ0) is 21.0.